The lowest BCUT2D eigenvalue weighted by atomic mass is 9.94. The Bertz CT molecular complexity index is 1150. The molecule has 4 rings (SSSR count). The van der Waals surface area contributed by atoms with Gasteiger partial charge in [0.2, 0.25) is 0 Å². The monoisotopic (exact) mass is 407 g/mol. The molecule has 8 heteroatoms. The largest absolute Gasteiger partial charge is 0.380 e. The van der Waals surface area contributed by atoms with Crippen molar-refractivity contribution in [2.75, 3.05) is 18.4 Å². The van der Waals surface area contributed by atoms with E-state index < -0.39 is 10.0 Å². The van der Waals surface area contributed by atoms with Crippen molar-refractivity contribution in [2.45, 2.75) is 17.0 Å². The van der Waals surface area contributed by atoms with Crippen LogP contribution in [0.4, 0.5) is 5.69 Å². The van der Waals surface area contributed by atoms with Gasteiger partial charge in [0.25, 0.3) is 10.0 Å². The molecular formula is C21H21N5O2S. The summed E-state index contributed by atoms with van der Waals surface area (Å²) in [5, 5.41) is 12.7. The second kappa shape index (κ2) is 7.70. The highest BCUT2D eigenvalue weighted by Gasteiger charge is 2.40. The standard InChI is InChI=1S/C21H21N5O2S/c1-25-14-21(23-15-25)29(27,28)26-12-19(17-7-3-2-4-8-17)20(13-26)24-18-9-5-6-16(10-18)11-22/h2-10,14-15,19-20,24H,12-13H2,1H3. The second-order valence-electron chi connectivity index (χ2n) is 7.16. The topological polar surface area (TPSA) is 91.0 Å². The van der Waals surface area contributed by atoms with Crippen LogP contribution in [0.2, 0.25) is 0 Å². The number of nitriles is 1. The third-order valence-electron chi connectivity index (χ3n) is 5.14. The Labute approximate surface area is 170 Å². The summed E-state index contributed by atoms with van der Waals surface area (Å²) in [6, 6.07) is 19.1. The zero-order valence-corrected chi connectivity index (χ0v) is 16.7. The Morgan fingerprint density at radius 2 is 1.93 bits per heavy atom. The predicted molar refractivity (Wildman–Crippen MR) is 110 cm³/mol. The molecule has 1 fully saturated rings. The van der Waals surface area contributed by atoms with Gasteiger partial charge in [-0.3, -0.25) is 0 Å². The van der Waals surface area contributed by atoms with E-state index in [2.05, 4.69) is 16.4 Å². The van der Waals surface area contributed by atoms with E-state index in [-0.39, 0.29) is 17.0 Å². The van der Waals surface area contributed by atoms with Crippen molar-refractivity contribution in [2.24, 2.45) is 7.05 Å². The van der Waals surface area contributed by atoms with Gasteiger partial charge in [0.05, 0.1) is 18.0 Å². The molecule has 1 aromatic heterocycles. The summed E-state index contributed by atoms with van der Waals surface area (Å²) in [5.41, 5.74) is 2.43. The van der Waals surface area contributed by atoms with Gasteiger partial charge >= 0.3 is 0 Å². The van der Waals surface area contributed by atoms with E-state index in [0.717, 1.165) is 11.3 Å². The number of rotatable bonds is 5. The minimum atomic E-state index is -3.69. The van der Waals surface area contributed by atoms with E-state index >= 15 is 0 Å². The molecule has 29 heavy (non-hydrogen) atoms. The summed E-state index contributed by atoms with van der Waals surface area (Å²) in [4.78, 5) is 4.04. The van der Waals surface area contributed by atoms with E-state index in [1.807, 2.05) is 42.5 Å². The Morgan fingerprint density at radius 1 is 1.14 bits per heavy atom. The number of nitrogens with one attached hydrogen (secondary N) is 1. The summed E-state index contributed by atoms with van der Waals surface area (Å²) in [6.45, 7) is 0.674. The fourth-order valence-corrected chi connectivity index (χ4v) is 5.15. The van der Waals surface area contributed by atoms with Gasteiger partial charge in [-0.2, -0.15) is 9.57 Å². The number of sulfonamides is 1. The smallest absolute Gasteiger partial charge is 0.262 e. The fourth-order valence-electron chi connectivity index (χ4n) is 3.70. The molecule has 2 unspecified atom stereocenters. The van der Waals surface area contributed by atoms with Gasteiger partial charge in [-0.05, 0) is 23.8 Å². The number of aromatic nitrogens is 2. The maximum absolute atomic E-state index is 13.1. The average Bonchev–Trinajstić information content (AvgIpc) is 3.36. The molecule has 2 aromatic carbocycles. The second-order valence-corrected chi connectivity index (χ2v) is 9.04. The third-order valence-corrected chi connectivity index (χ3v) is 6.86. The molecule has 2 heterocycles. The molecule has 1 saturated heterocycles. The molecule has 148 valence electrons. The van der Waals surface area contributed by atoms with Crippen molar-refractivity contribution in [1.29, 1.82) is 5.26 Å². The summed E-state index contributed by atoms with van der Waals surface area (Å²) < 4.78 is 29.3. The van der Waals surface area contributed by atoms with Crippen molar-refractivity contribution >= 4 is 15.7 Å². The van der Waals surface area contributed by atoms with Crippen molar-refractivity contribution in [1.82, 2.24) is 13.9 Å². The van der Waals surface area contributed by atoms with Crippen LogP contribution in [0.5, 0.6) is 0 Å². The Morgan fingerprint density at radius 3 is 2.62 bits per heavy atom. The highest BCUT2D eigenvalue weighted by Crippen LogP contribution is 2.33. The van der Waals surface area contributed by atoms with Crippen LogP contribution in [0.3, 0.4) is 0 Å². The fraction of sp³-hybridized carbons (Fsp3) is 0.238. The minimum absolute atomic E-state index is 0.0274. The van der Waals surface area contributed by atoms with E-state index in [9.17, 15) is 8.42 Å². The maximum atomic E-state index is 13.1. The number of hydrogen-bond donors (Lipinski definition) is 1. The molecule has 3 aromatic rings. The van der Waals surface area contributed by atoms with Crippen molar-refractivity contribution in [3.63, 3.8) is 0 Å². The highest BCUT2D eigenvalue weighted by atomic mass is 32.2. The molecule has 0 aliphatic carbocycles. The van der Waals surface area contributed by atoms with Gasteiger partial charge < -0.3 is 9.88 Å². The van der Waals surface area contributed by atoms with Crippen LogP contribution in [0.1, 0.15) is 17.0 Å². The summed E-state index contributed by atoms with van der Waals surface area (Å²) in [5.74, 6) is -0.0274. The quantitative estimate of drug-likeness (QED) is 0.702. The Kier molecular flexibility index (Phi) is 5.09. The molecule has 0 amide bonds. The molecule has 1 aliphatic heterocycles. The first-order valence-corrected chi connectivity index (χ1v) is 10.7. The molecular weight excluding hydrogens is 386 g/mol. The Hall–Kier alpha value is -3.15. The molecule has 1 N–H and O–H groups in total. The van der Waals surface area contributed by atoms with Crippen LogP contribution in [-0.2, 0) is 17.1 Å². The molecule has 0 spiro atoms. The first-order valence-electron chi connectivity index (χ1n) is 9.27. The van der Waals surface area contributed by atoms with Crippen LogP contribution in [0, 0.1) is 11.3 Å². The number of aryl methyl sites for hydroxylation is 1. The predicted octanol–water partition coefficient (Wildman–Crippen LogP) is 2.56. The van der Waals surface area contributed by atoms with Gasteiger partial charge in [-0.1, -0.05) is 36.4 Å². The number of nitrogens with zero attached hydrogens (tertiary/aromatic N) is 4. The molecule has 0 radical (unpaired) electrons. The number of benzene rings is 2. The number of imidazole rings is 1. The number of hydrogen-bond acceptors (Lipinski definition) is 5. The maximum Gasteiger partial charge on any atom is 0.262 e. The molecule has 0 saturated carbocycles. The van der Waals surface area contributed by atoms with Crippen LogP contribution in [0.15, 0.2) is 72.1 Å². The summed E-state index contributed by atoms with van der Waals surface area (Å²) in [6.07, 6.45) is 3.00. The Balaban J connectivity index is 1.65. The molecule has 0 bridgehead atoms. The lowest BCUT2D eigenvalue weighted by Gasteiger charge is -2.21. The van der Waals surface area contributed by atoms with Gasteiger partial charge in [0.15, 0.2) is 5.03 Å². The van der Waals surface area contributed by atoms with E-state index in [1.54, 1.807) is 23.7 Å². The first kappa shape index (κ1) is 19.2. The first-order chi connectivity index (χ1) is 14.0. The van der Waals surface area contributed by atoms with Gasteiger partial charge in [0, 0.05) is 44.0 Å². The lowest BCUT2D eigenvalue weighted by molar-refractivity contribution is 0.468. The SMILES string of the molecule is Cn1cnc(S(=O)(=O)N2CC(Nc3cccc(C#N)c3)C(c3ccccc3)C2)c1. The average molecular weight is 407 g/mol. The molecule has 7 nitrogen and oxygen atoms in total. The van der Waals surface area contributed by atoms with Crippen LogP contribution >= 0.6 is 0 Å². The van der Waals surface area contributed by atoms with E-state index in [1.165, 1.54) is 16.8 Å². The van der Waals surface area contributed by atoms with E-state index in [0.29, 0.717) is 18.7 Å². The van der Waals surface area contributed by atoms with Gasteiger partial charge in [-0.25, -0.2) is 13.4 Å². The summed E-state index contributed by atoms with van der Waals surface area (Å²) in [7, 11) is -1.94. The molecule has 2 atom stereocenters. The normalized spacial score (nSPS) is 19.7. The van der Waals surface area contributed by atoms with Crippen molar-refractivity contribution < 1.29 is 8.42 Å². The summed E-state index contributed by atoms with van der Waals surface area (Å²) >= 11 is 0. The lowest BCUT2D eigenvalue weighted by Crippen LogP contribution is -2.32. The zero-order valence-electron chi connectivity index (χ0n) is 15.9. The highest BCUT2D eigenvalue weighted by molar-refractivity contribution is 7.89. The molecule has 1 aliphatic rings. The van der Waals surface area contributed by atoms with Crippen LogP contribution in [0.25, 0.3) is 0 Å². The van der Waals surface area contributed by atoms with Crippen molar-refractivity contribution in [3.05, 3.63) is 78.2 Å². The third kappa shape index (κ3) is 3.88. The van der Waals surface area contributed by atoms with Crippen LogP contribution < -0.4 is 5.32 Å². The van der Waals surface area contributed by atoms with Crippen molar-refractivity contribution in [3.8, 4) is 6.07 Å². The minimum Gasteiger partial charge on any atom is -0.380 e. The van der Waals surface area contributed by atoms with Crippen LogP contribution in [-0.4, -0.2) is 41.4 Å². The van der Waals surface area contributed by atoms with Gasteiger partial charge in [0.1, 0.15) is 0 Å². The number of anilines is 1. The zero-order chi connectivity index (χ0) is 20.4. The van der Waals surface area contributed by atoms with E-state index in [4.69, 9.17) is 5.26 Å². The van der Waals surface area contributed by atoms with Gasteiger partial charge in [-0.15, -0.1) is 0 Å².